The minimum atomic E-state index is -0.0834. The highest BCUT2D eigenvalue weighted by atomic mass is 32.2. The molecule has 1 aliphatic carbocycles. The lowest BCUT2D eigenvalue weighted by molar-refractivity contribution is -0.121. The molecule has 0 bridgehead atoms. The van der Waals surface area contributed by atoms with Crippen molar-refractivity contribution in [3.8, 4) is 0 Å². The van der Waals surface area contributed by atoms with Gasteiger partial charge >= 0.3 is 0 Å². The van der Waals surface area contributed by atoms with Crippen LogP contribution in [0.2, 0.25) is 0 Å². The van der Waals surface area contributed by atoms with Gasteiger partial charge < -0.3 is 10.1 Å². The first kappa shape index (κ1) is 22.8. The molecule has 1 aromatic carbocycles. The molecule has 2 aliphatic rings. The molecule has 1 aromatic heterocycles. The molecule has 0 saturated carbocycles. The van der Waals surface area contributed by atoms with Crippen LogP contribution in [0.1, 0.15) is 60.5 Å². The second-order valence-electron chi connectivity index (χ2n) is 8.97. The van der Waals surface area contributed by atoms with Crippen LogP contribution in [0, 0.1) is 0 Å². The fourth-order valence-electron chi connectivity index (χ4n) is 5.24. The maximum atomic E-state index is 12.4. The van der Waals surface area contributed by atoms with Gasteiger partial charge in [0, 0.05) is 17.9 Å². The van der Waals surface area contributed by atoms with Crippen molar-refractivity contribution in [2.75, 3.05) is 32.2 Å². The van der Waals surface area contributed by atoms with Gasteiger partial charge in [-0.05, 0) is 49.2 Å². The Kier molecular flexibility index (Phi) is 7.06. The van der Waals surface area contributed by atoms with Crippen LogP contribution in [0.5, 0.6) is 0 Å². The van der Waals surface area contributed by atoms with E-state index >= 15 is 0 Å². The van der Waals surface area contributed by atoms with Crippen molar-refractivity contribution in [1.29, 1.82) is 0 Å². The number of fused-ring (bicyclic) bond motifs is 2. The van der Waals surface area contributed by atoms with Gasteiger partial charge in [-0.15, -0.1) is 11.3 Å². The molecule has 2 atom stereocenters. The Bertz CT molecular complexity index is 906. The summed E-state index contributed by atoms with van der Waals surface area (Å²) < 4.78 is 6.11. The molecule has 1 fully saturated rings. The van der Waals surface area contributed by atoms with Gasteiger partial charge in [0.2, 0.25) is 5.91 Å². The van der Waals surface area contributed by atoms with E-state index in [-0.39, 0.29) is 23.5 Å². The lowest BCUT2D eigenvalue weighted by atomic mass is 9.72. The van der Waals surface area contributed by atoms with E-state index in [9.17, 15) is 4.79 Å². The minimum absolute atomic E-state index is 0.0368. The molecule has 0 radical (unpaired) electrons. The number of aromatic nitrogens is 1. The fraction of sp³-hybridized carbons (Fsp3) is 0.583. The predicted octanol–water partition coefficient (Wildman–Crippen LogP) is 4.35. The van der Waals surface area contributed by atoms with E-state index in [1.54, 1.807) is 30.2 Å². The maximum absolute atomic E-state index is 12.4. The smallest absolute Gasteiger partial charge is 0.230 e. The van der Waals surface area contributed by atoms with Crippen LogP contribution in [0.4, 0.5) is 0 Å². The van der Waals surface area contributed by atoms with E-state index in [2.05, 4.69) is 53.7 Å². The van der Waals surface area contributed by atoms with Crippen LogP contribution < -0.4 is 5.32 Å². The number of amides is 1. The molecule has 1 amide bonds. The van der Waals surface area contributed by atoms with E-state index in [0.717, 1.165) is 32.5 Å². The summed E-state index contributed by atoms with van der Waals surface area (Å²) in [5.41, 5.74) is 3.72. The normalized spacial score (nSPS) is 22.7. The first-order valence-corrected chi connectivity index (χ1v) is 13.3. The lowest BCUT2D eigenvalue weighted by Gasteiger charge is -2.44. The number of ether oxygens (including phenoxy) is 1. The number of hydrogen-bond donors (Lipinski definition) is 1. The van der Waals surface area contributed by atoms with Crippen LogP contribution in [0.3, 0.4) is 0 Å². The number of thioether (sulfide) groups is 1. The summed E-state index contributed by atoms with van der Waals surface area (Å²) in [4.78, 5) is 19.8. The topological polar surface area (TPSA) is 54.5 Å². The summed E-state index contributed by atoms with van der Waals surface area (Å²) in [6, 6.07) is 8.51. The average molecular weight is 460 g/mol. The summed E-state index contributed by atoms with van der Waals surface area (Å²) in [5.74, 6) is 1.03. The van der Waals surface area contributed by atoms with Crippen molar-refractivity contribution >= 4 is 29.0 Å². The number of nitrogens with zero attached hydrogens (tertiary/aromatic N) is 2. The molecule has 1 spiro atoms. The SMILES string of the molecule is CO[C@H]1[C@H](NC(=O)CSC)c2ccccc2C12CCN(Cc1nc(C(C)C)cs1)CC2. The largest absolute Gasteiger partial charge is 0.378 e. The quantitative estimate of drug-likeness (QED) is 0.667. The Labute approximate surface area is 194 Å². The molecule has 0 unspecified atom stereocenters. The van der Waals surface area contributed by atoms with E-state index in [0.29, 0.717) is 11.7 Å². The summed E-state index contributed by atoms with van der Waals surface area (Å²) in [7, 11) is 1.79. The average Bonchev–Trinajstić information content (AvgIpc) is 3.32. The molecule has 1 aliphatic heterocycles. The first-order valence-electron chi connectivity index (χ1n) is 11.1. The van der Waals surface area contributed by atoms with Crippen molar-refractivity contribution in [3.63, 3.8) is 0 Å². The van der Waals surface area contributed by atoms with Gasteiger partial charge in [-0.3, -0.25) is 9.69 Å². The predicted molar refractivity (Wildman–Crippen MR) is 129 cm³/mol. The van der Waals surface area contributed by atoms with E-state index in [4.69, 9.17) is 9.72 Å². The number of carbonyl (C=O) groups is 1. The summed E-state index contributed by atoms with van der Waals surface area (Å²) in [6.07, 6.45) is 3.98. The van der Waals surface area contributed by atoms with E-state index in [1.165, 1.54) is 21.8 Å². The number of nitrogens with one attached hydrogen (secondary N) is 1. The zero-order chi connectivity index (χ0) is 22.0. The molecule has 2 heterocycles. The lowest BCUT2D eigenvalue weighted by Crippen LogP contribution is -2.50. The van der Waals surface area contributed by atoms with Crippen molar-refractivity contribution in [1.82, 2.24) is 15.2 Å². The van der Waals surface area contributed by atoms with Crippen molar-refractivity contribution in [3.05, 3.63) is 51.5 Å². The molecular formula is C24H33N3O2S2. The van der Waals surface area contributed by atoms with Crippen LogP contribution >= 0.6 is 23.1 Å². The Morgan fingerprint density at radius 3 is 2.74 bits per heavy atom. The van der Waals surface area contributed by atoms with Gasteiger partial charge in [-0.25, -0.2) is 4.98 Å². The zero-order valence-electron chi connectivity index (χ0n) is 18.9. The van der Waals surface area contributed by atoms with Crippen LogP contribution in [-0.2, 0) is 21.5 Å². The van der Waals surface area contributed by atoms with E-state index < -0.39 is 0 Å². The fourth-order valence-corrected chi connectivity index (χ4v) is 6.58. The van der Waals surface area contributed by atoms with Gasteiger partial charge in [0.15, 0.2) is 0 Å². The van der Waals surface area contributed by atoms with Gasteiger partial charge in [-0.1, -0.05) is 38.1 Å². The van der Waals surface area contributed by atoms with Gasteiger partial charge in [0.1, 0.15) is 5.01 Å². The highest BCUT2D eigenvalue weighted by molar-refractivity contribution is 7.99. The number of piperidine rings is 1. The molecular weight excluding hydrogens is 426 g/mol. The number of benzene rings is 1. The highest BCUT2D eigenvalue weighted by Gasteiger charge is 2.53. The number of likely N-dealkylation sites (tertiary alicyclic amines) is 1. The molecule has 7 heteroatoms. The van der Waals surface area contributed by atoms with Gasteiger partial charge in [-0.2, -0.15) is 11.8 Å². The maximum Gasteiger partial charge on any atom is 0.230 e. The molecule has 1 saturated heterocycles. The Morgan fingerprint density at radius 2 is 2.10 bits per heavy atom. The van der Waals surface area contributed by atoms with E-state index in [1.807, 2.05) is 6.26 Å². The molecule has 2 aromatic rings. The number of hydrogen-bond acceptors (Lipinski definition) is 6. The van der Waals surface area contributed by atoms with Crippen LogP contribution in [-0.4, -0.2) is 54.1 Å². The van der Waals surface area contributed by atoms with Gasteiger partial charge in [0.05, 0.1) is 30.1 Å². The van der Waals surface area contributed by atoms with Crippen molar-refractivity contribution < 1.29 is 9.53 Å². The number of thiazole rings is 1. The molecule has 31 heavy (non-hydrogen) atoms. The van der Waals surface area contributed by atoms with Crippen molar-refractivity contribution in [2.24, 2.45) is 0 Å². The third-order valence-corrected chi connectivity index (χ3v) is 8.20. The number of methoxy groups -OCH3 is 1. The van der Waals surface area contributed by atoms with Crippen LogP contribution in [0.15, 0.2) is 29.6 Å². The van der Waals surface area contributed by atoms with Gasteiger partial charge in [0.25, 0.3) is 0 Å². The van der Waals surface area contributed by atoms with Crippen molar-refractivity contribution in [2.45, 2.75) is 56.7 Å². The molecule has 1 N–H and O–H groups in total. The monoisotopic (exact) mass is 459 g/mol. The minimum Gasteiger partial charge on any atom is -0.378 e. The van der Waals surface area contributed by atoms with Crippen LogP contribution in [0.25, 0.3) is 0 Å². The Morgan fingerprint density at radius 1 is 1.35 bits per heavy atom. The second kappa shape index (κ2) is 9.61. The molecule has 4 rings (SSSR count). The third-order valence-electron chi connectivity index (χ3n) is 6.79. The number of rotatable bonds is 7. The summed E-state index contributed by atoms with van der Waals surface area (Å²) in [6.45, 7) is 7.33. The summed E-state index contributed by atoms with van der Waals surface area (Å²) >= 11 is 3.32. The molecule has 5 nitrogen and oxygen atoms in total. The second-order valence-corrected chi connectivity index (χ2v) is 10.8. The highest BCUT2D eigenvalue weighted by Crippen LogP contribution is 2.52. The number of carbonyl (C=O) groups excluding carboxylic acids is 1. The summed E-state index contributed by atoms with van der Waals surface area (Å²) in [5, 5.41) is 6.67. The first-order chi connectivity index (χ1) is 15.0. The zero-order valence-corrected chi connectivity index (χ0v) is 20.5. The molecule has 168 valence electrons. The standard InChI is InChI=1S/C24H33N3O2S2/c1-16(2)19-14-31-21(25-19)13-27-11-9-24(10-12-27)18-8-6-5-7-17(18)22(23(24)29-3)26-20(28)15-30-4/h5-8,14,16,22-23H,9-13,15H2,1-4H3,(H,26,28)/t22-,23+/m1/s1. The Balaban J connectivity index is 1.52. The Hall–Kier alpha value is -1.41. The third kappa shape index (κ3) is 4.42.